The van der Waals surface area contributed by atoms with Crippen molar-refractivity contribution in [2.75, 3.05) is 24.3 Å². The van der Waals surface area contributed by atoms with Gasteiger partial charge in [-0.1, -0.05) is 34.8 Å². The van der Waals surface area contributed by atoms with E-state index in [4.69, 9.17) is 21.9 Å². The molecule has 0 unspecified atom stereocenters. The first-order chi connectivity index (χ1) is 17.5. The molecule has 0 fully saturated rings. The largest absolute Gasteiger partial charge is 0.497 e. The van der Waals surface area contributed by atoms with Crippen LogP contribution in [0.3, 0.4) is 0 Å². The van der Waals surface area contributed by atoms with Crippen LogP contribution in [-0.4, -0.2) is 31.7 Å². The number of para-hydroxylation sites is 1. The molecule has 15 heteroatoms. The summed E-state index contributed by atoms with van der Waals surface area (Å²) in [5.41, 5.74) is 20.7. The van der Waals surface area contributed by atoms with E-state index in [9.17, 15) is 0 Å². The maximum Gasteiger partial charge on any atom is 0.231 e. The first kappa shape index (κ1) is 21.8. The number of aromatic nitrogens is 5. The van der Waals surface area contributed by atoms with Gasteiger partial charge in [0, 0.05) is 0 Å². The molecule has 178 valence electrons. The Morgan fingerprint density at radius 1 is 0.778 bits per heavy atom. The topological polar surface area (TPSA) is 193 Å². The molecule has 0 radical (unpaired) electrons. The lowest BCUT2D eigenvalue weighted by Crippen LogP contribution is -2.04. The van der Waals surface area contributed by atoms with Crippen LogP contribution in [0.4, 0.5) is 39.1 Å². The molecule has 0 aliphatic rings. The van der Waals surface area contributed by atoms with Gasteiger partial charge in [-0.15, -0.1) is 25.6 Å². The summed E-state index contributed by atoms with van der Waals surface area (Å²) in [7, 11) is 1.60. The van der Waals surface area contributed by atoms with Crippen molar-refractivity contribution in [1.29, 1.82) is 0 Å². The summed E-state index contributed by atoms with van der Waals surface area (Å²) in [6, 6.07) is 13.2. The normalized spacial score (nSPS) is 12.1. The zero-order valence-corrected chi connectivity index (χ0v) is 20.2. The molecule has 0 aliphatic heterocycles. The number of thiazole rings is 2. The fourth-order valence-electron chi connectivity index (χ4n) is 3.43. The predicted octanol–water partition coefficient (Wildman–Crippen LogP) is 5.53. The van der Waals surface area contributed by atoms with Gasteiger partial charge >= 0.3 is 0 Å². The van der Waals surface area contributed by atoms with Crippen LogP contribution >= 0.6 is 22.7 Å². The van der Waals surface area contributed by atoms with Crippen molar-refractivity contribution in [2.45, 2.75) is 0 Å². The second kappa shape index (κ2) is 8.47. The first-order valence-corrected chi connectivity index (χ1v) is 12.0. The lowest BCUT2D eigenvalue weighted by Gasteiger charge is -2.04. The number of nitrogen functional groups attached to an aromatic ring is 3. The van der Waals surface area contributed by atoms with Crippen molar-refractivity contribution < 1.29 is 4.74 Å². The Hall–Kier alpha value is -4.76. The van der Waals surface area contributed by atoms with Gasteiger partial charge in [0.2, 0.25) is 10.3 Å². The third-order valence-corrected chi connectivity index (χ3v) is 6.96. The average molecular weight is 517 g/mol. The summed E-state index contributed by atoms with van der Waals surface area (Å²) in [6.07, 6.45) is 0. The molecular weight excluding hydrogens is 500 g/mol. The molecule has 4 aromatic heterocycles. The Morgan fingerprint density at radius 2 is 1.47 bits per heavy atom. The number of nitrogens with zero attached hydrogens (tertiary/aromatic N) is 9. The fourth-order valence-corrected chi connectivity index (χ4v) is 5.04. The quantitative estimate of drug-likeness (QED) is 0.249. The fraction of sp³-hybridized carbons (Fsp3) is 0.0476. The summed E-state index contributed by atoms with van der Waals surface area (Å²) in [4.78, 5) is 13.2. The van der Waals surface area contributed by atoms with Crippen LogP contribution in [0.15, 0.2) is 62.9 Å². The molecule has 0 bridgehead atoms. The van der Waals surface area contributed by atoms with Gasteiger partial charge in [0.15, 0.2) is 34.5 Å². The number of nitrogens with two attached hydrogens (primary N) is 3. The maximum atomic E-state index is 6.29. The van der Waals surface area contributed by atoms with E-state index in [0.717, 1.165) is 26.2 Å². The van der Waals surface area contributed by atoms with Crippen LogP contribution in [0.2, 0.25) is 0 Å². The highest BCUT2D eigenvalue weighted by Gasteiger charge is 2.19. The molecule has 2 aromatic carbocycles. The van der Waals surface area contributed by atoms with E-state index in [1.165, 1.54) is 27.2 Å². The van der Waals surface area contributed by atoms with Crippen LogP contribution in [0, 0.1) is 0 Å². The molecule has 13 nitrogen and oxygen atoms in total. The van der Waals surface area contributed by atoms with Crippen molar-refractivity contribution in [3.63, 3.8) is 0 Å². The monoisotopic (exact) mass is 516 g/mol. The summed E-state index contributed by atoms with van der Waals surface area (Å²) < 4.78 is 8.45. The number of methoxy groups -OCH3 is 1. The molecule has 6 N–H and O–H groups in total. The second-order valence-corrected chi connectivity index (χ2v) is 9.41. The predicted molar refractivity (Wildman–Crippen MR) is 140 cm³/mol. The molecule has 0 aliphatic carbocycles. The summed E-state index contributed by atoms with van der Waals surface area (Å²) >= 11 is 2.74. The van der Waals surface area contributed by atoms with Gasteiger partial charge in [-0.3, -0.25) is 0 Å². The van der Waals surface area contributed by atoms with Crippen molar-refractivity contribution >= 4 is 87.8 Å². The minimum Gasteiger partial charge on any atom is -0.497 e. The number of benzene rings is 2. The molecular formula is C21H16N12OS2. The highest BCUT2D eigenvalue weighted by atomic mass is 32.1. The van der Waals surface area contributed by atoms with Crippen molar-refractivity contribution in [1.82, 2.24) is 24.6 Å². The van der Waals surface area contributed by atoms with Gasteiger partial charge in [0.1, 0.15) is 5.75 Å². The van der Waals surface area contributed by atoms with E-state index in [-0.39, 0.29) is 34.5 Å². The number of azo groups is 2. The maximum absolute atomic E-state index is 6.29. The molecule has 6 rings (SSSR count). The standard InChI is InChI=1S/C21H16N12OS2/c1-34-9-6-7-11-13(8-9)36-21(26-11)30-28-14-16(22)27-19-15(17(23)32-33(19)18(14)24)29-31-20-25-10-4-2-3-5-12(10)35-20/h2-8H,24H2,1H3,(H2,22,27)(H2,23,32). The van der Waals surface area contributed by atoms with Crippen molar-refractivity contribution in [3.8, 4) is 5.75 Å². The van der Waals surface area contributed by atoms with E-state index < -0.39 is 0 Å². The van der Waals surface area contributed by atoms with Gasteiger partial charge < -0.3 is 21.9 Å². The highest BCUT2D eigenvalue weighted by Crippen LogP contribution is 2.38. The third-order valence-electron chi connectivity index (χ3n) is 5.14. The highest BCUT2D eigenvalue weighted by molar-refractivity contribution is 7.22. The molecule has 0 atom stereocenters. The molecule has 36 heavy (non-hydrogen) atoms. The van der Waals surface area contributed by atoms with Crippen molar-refractivity contribution in [2.24, 2.45) is 20.5 Å². The Labute approximate surface area is 210 Å². The SMILES string of the molecule is COc1ccc2nc(N=Nc3c(N)nc4c(N=Nc5nc6ccccc6s5)c(N)nn4c3N)sc2c1. The van der Waals surface area contributed by atoms with Gasteiger partial charge in [-0.2, -0.15) is 4.52 Å². The summed E-state index contributed by atoms with van der Waals surface area (Å²) in [5, 5.41) is 21.9. The lowest BCUT2D eigenvalue weighted by atomic mass is 10.3. The lowest BCUT2D eigenvalue weighted by molar-refractivity contribution is 0.415. The number of hydrogen-bond donors (Lipinski definition) is 3. The Morgan fingerprint density at radius 3 is 2.22 bits per heavy atom. The number of anilines is 3. The molecule has 0 saturated carbocycles. The molecule has 4 heterocycles. The number of fused-ring (bicyclic) bond motifs is 3. The summed E-state index contributed by atoms with van der Waals surface area (Å²) in [5.74, 6) is 0.929. The van der Waals surface area contributed by atoms with Gasteiger partial charge in [0.05, 0.1) is 27.5 Å². The van der Waals surface area contributed by atoms with Gasteiger partial charge in [0.25, 0.3) is 0 Å². The van der Waals surface area contributed by atoms with E-state index >= 15 is 0 Å². The molecule has 0 saturated heterocycles. The van der Waals surface area contributed by atoms with Crippen molar-refractivity contribution in [3.05, 3.63) is 42.5 Å². The van der Waals surface area contributed by atoms with E-state index in [1.54, 1.807) is 7.11 Å². The number of ether oxygens (including phenoxy) is 1. The Bertz CT molecular complexity index is 1800. The Kier molecular flexibility index (Phi) is 5.12. The van der Waals surface area contributed by atoms with E-state index in [1.807, 2.05) is 42.5 Å². The van der Waals surface area contributed by atoms with Gasteiger partial charge in [-0.25, -0.2) is 15.0 Å². The zero-order chi connectivity index (χ0) is 24.8. The summed E-state index contributed by atoms with van der Waals surface area (Å²) in [6.45, 7) is 0. The third kappa shape index (κ3) is 3.71. The van der Waals surface area contributed by atoms with Crippen LogP contribution in [-0.2, 0) is 0 Å². The molecule has 0 amide bonds. The van der Waals surface area contributed by atoms with E-state index in [0.29, 0.717) is 10.3 Å². The molecule has 6 aromatic rings. The van der Waals surface area contributed by atoms with E-state index in [2.05, 4.69) is 40.5 Å². The Balaban J connectivity index is 1.35. The van der Waals surface area contributed by atoms with Crippen LogP contribution < -0.4 is 21.9 Å². The van der Waals surface area contributed by atoms with Gasteiger partial charge in [-0.05, 0) is 30.3 Å². The second-order valence-electron chi connectivity index (χ2n) is 7.39. The van der Waals surface area contributed by atoms with Crippen LogP contribution in [0.5, 0.6) is 5.75 Å². The first-order valence-electron chi connectivity index (χ1n) is 10.4. The number of rotatable bonds is 5. The number of hydrogen-bond acceptors (Lipinski definition) is 14. The average Bonchev–Trinajstić information content (AvgIpc) is 3.56. The minimum absolute atomic E-state index is 0.0304. The zero-order valence-electron chi connectivity index (χ0n) is 18.5. The van der Waals surface area contributed by atoms with Crippen LogP contribution in [0.25, 0.3) is 26.1 Å². The smallest absolute Gasteiger partial charge is 0.231 e. The minimum atomic E-state index is 0.0304. The van der Waals surface area contributed by atoms with Crippen LogP contribution in [0.1, 0.15) is 0 Å². The molecule has 0 spiro atoms.